The molecule has 0 heterocycles. The van der Waals surface area contributed by atoms with E-state index in [4.69, 9.17) is 15.3 Å². The molecule has 0 atom stereocenters. The van der Waals surface area contributed by atoms with Gasteiger partial charge >= 0.3 is 5.97 Å². The van der Waals surface area contributed by atoms with Crippen molar-refractivity contribution in [1.29, 1.82) is 0 Å². The maximum atomic E-state index is 10.6. The van der Waals surface area contributed by atoms with Gasteiger partial charge in [-0.15, -0.1) is 5.56 Å². The molecule has 3 aromatic rings. The van der Waals surface area contributed by atoms with E-state index in [9.17, 15) is 4.79 Å². The molecule has 0 aliphatic rings. The summed E-state index contributed by atoms with van der Waals surface area (Å²) in [6.45, 7) is 3.64. The van der Waals surface area contributed by atoms with E-state index in [2.05, 4.69) is 6.07 Å². The molecule has 0 amide bonds. The fourth-order valence-corrected chi connectivity index (χ4v) is 1.77. The number of benzene rings is 3. The van der Waals surface area contributed by atoms with Crippen LogP contribution in [0.15, 0.2) is 72.8 Å². The third-order valence-corrected chi connectivity index (χ3v) is 3.26. The van der Waals surface area contributed by atoms with Gasteiger partial charge in [0.05, 0.1) is 0 Å². The van der Waals surface area contributed by atoms with Crippen molar-refractivity contribution in [2.45, 2.75) is 13.8 Å². The topological polar surface area (TPSA) is 77.8 Å². The first-order chi connectivity index (χ1) is 11.9. The molecule has 4 nitrogen and oxygen atoms in total. The normalized spacial score (nSPS) is 8.69. The molecule has 0 fully saturated rings. The average Bonchev–Trinajstić information content (AvgIpc) is 2.60. The Labute approximate surface area is 164 Å². The summed E-state index contributed by atoms with van der Waals surface area (Å²) in [6.07, 6.45) is 0. The van der Waals surface area contributed by atoms with Gasteiger partial charge in [-0.3, -0.25) is 0 Å². The van der Waals surface area contributed by atoms with Gasteiger partial charge < -0.3 is 15.3 Å². The van der Waals surface area contributed by atoms with Crippen LogP contribution >= 0.6 is 0 Å². The van der Waals surface area contributed by atoms with Crippen molar-refractivity contribution in [2.24, 2.45) is 0 Å². The van der Waals surface area contributed by atoms with Crippen LogP contribution in [0.4, 0.5) is 0 Å². The number of hydrogen-bond donors (Lipinski definition) is 3. The Morgan fingerprint density at radius 2 is 1.23 bits per heavy atom. The third-order valence-electron chi connectivity index (χ3n) is 3.26. The summed E-state index contributed by atoms with van der Waals surface area (Å²) >= 11 is 0. The SMILES string of the molecule is Cc1[c-]ccc(C(=O)O)c1C.Oc1ccccc1.Oc1ccccc1.[Fe]. The first-order valence-electron chi connectivity index (χ1n) is 7.61. The van der Waals surface area contributed by atoms with Crippen molar-refractivity contribution in [3.8, 4) is 11.5 Å². The molecule has 3 aromatic carbocycles. The minimum absolute atomic E-state index is 0. The monoisotopic (exact) mass is 393 g/mol. The van der Waals surface area contributed by atoms with Crippen LogP contribution in [0.5, 0.6) is 11.5 Å². The van der Waals surface area contributed by atoms with Gasteiger partial charge in [0, 0.05) is 17.1 Å². The molecule has 5 heteroatoms. The van der Waals surface area contributed by atoms with Crippen molar-refractivity contribution in [3.63, 3.8) is 0 Å². The third kappa shape index (κ3) is 8.92. The minimum atomic E-state index is -0.875. The summed E-state index contributed by atoms with van der Waals surface area (Å²) in [5.74, 6) is -0.232. The van der Waals surface area contributed by atoms with Crippen molar-refractivity contribution < 1.29 is 37.2 Å². The number of para-hydroxylation sites is 2. The van der Waals surface area contributed by atoms with Crippen LogP contribution in [0.3, 0.4) is 0 Å². The zero-order valence-corrected chi connectivity index (χ0v) is 15.6. The number of carbonyl (C=O) groups is 1. The van der Waals surface area contributed by atoms with Crippen LogP contribution in [0.1, 0.15) is 21.5 Å². The van der Waals surface area contributed by atoms with Crippen molar-refractivity contribution >= 4 is 5.97 Å². The molecular formula is C21H21FeO4-. The van der Waals surface area contributed by atoms with Gasteiger partial charge in [0.25, 0.3) is 0 Å². The van der Waals surface area contributed by atoms with Gasteiger partial charge in [-0.1, -0.05) is 50.2 Å². The summed E-state index contributed by atoms with van der Waals surface area (Å²) in [5, 5.41) is 25.9. The summed E-state index contributed by atoms with van der Waals surface area (Å²) in [5.41, 5.74) is 2.05. The smallest absolute Gasteiger partial charge is 0.311 e. The van der Waals surface area contributed by atoms with E-state index >= 15 is 0 Å². The number of phenolic OH excluding ortho intramolecular Hbond substituents is 2. The van der Waals surface area contributed by atoms with Gasteiger partial charge in [0.2, 0.25) is 0 Å². The molecule has 3 rings (SSSR count). The maximum Gasteiger partial charge on any atom is 0.311 e. The van der Waals surface area contributed by atoms with E-state index < -0.39 is 5.97 Å². The van der Waals surface area contributed by atoms with Crippen LogP contribution in [0.25, 0.3) is 0 Å². The Kier molecular flexibility index (Phi) is 11.3. The second-order valence-electron chi connectivity index (χ2n) is 5.12. The van der Waals surface area contributed by atoms with E-state index in [0.29, 0.717) is 17.1 Å². The van der Waals surface area contributed by atoms with Crippen LogP contribution in [-0.2, 0) is 17.1 Å². The van der Waals surface area contributed by atoms with Crippen LogP contribution in [0, 0.1) is 19.9 Å². The molecule has 0 bridgehead atoms. The van der Waals surface area contributed by atoms with Gasteiger partial charge in [-0.05, 0) is 29.8 Å². The molecule has 0 aliphatic carbocycles. The zero-order chi connectivity index (χ0) is 18.7. The summed E-state index contributed by atoms with van der Waals surface area (Å²) in [4.78, 5) is 10.6. The van der Waals surface area contributed by atoms with Crippen LogP contribution in [-0.4, -0.2) is 21.3 Å². The first-order valence-corrected chi connectivity index (χ1v) is 7.61. The summed E-state index contributed by atoms with van der Waals surface area (Å²) in [6, 6.07) is 23.5. The Morgan fingerprint density at radius 1 is 0.808 bits per heavy atom. The van der Waals surface area contributed by atoms with Gasteiger partial charge in [0.15, 0.2) is 0 Å². The van der Waals surface area contributed by atoms with Crippen molar-refractivity contribution in [3.05, 3.63) is 95.6 Å². The number of aromatic hydroxyl groups is 2. The second kappa shape index (κ2) is 12.6. The first kappa shape index (κ1) is 23.2. The largest absolute Gasteiger partial charge is 0.508 e. The van der Waals surface area contributed by atoms with Crippen molar-refractivity contribution in [1.82, 2.24) is 0 Å². The van der Waals surface area contributed by atoms with Gasteiger partial charge in [-0.2, -0.15) is 23.8 Å². The Hall–Kier alpha value is -2.75. The fourth-order valence-electron chi connectivity index (χ4n) is 1.77. The molecule has 0 aliphatic heterocycles. The molecule has 0 saturated heterocycles. The summed E-state index contributed by atoms with van der Waals surface area (Å²) < 4.78 is 0. The zero-order valence-electron chi connectivity index (χ0n) is 14.5. The van der Waals surface area contributed by atoms with E-state index in [1.165, 1.54) is 0 Å². The molecule has 0 aromatic heterocycles. The van der Waals surface area contributed by atoms with E-state index in [1.807, 2.05) is 19.1 Å². The standard InChI is InChI=1S/C9H9O2.2C6H6O.Fe/c1-6-4-3-5-8(7(6)2)9(10)11;2*7-6-4-2-1-3-5-6;/h3,5H,1-2H3,(H,10,11);2*1-5,7H;/q-1;;;. The predicted molar refractivity (Wildman–Crippen MR) is 97.9 cm³/mol. The number of hydrogen-bond acceptors (Lipinski definition) is 3. The van der Waals surface area contributed by atoms with E-state index in [1.54, 1.807) is 67.6 Å². The fraction of sp³-hybridized carbons (Fsp3) is 0.0952. The number of rotatable bonds is 1. The average molecular weight is 393 g/mol. The van der Waals surface area contributed by atoms with Crippen LogP contribution in [0.2, 0.25) is 0 Å². The molecule has 26 heavy (non-hydrogen) atoms. The molecular weight excluding hydrogens is 372 g/mol. The number of aromatic carboxylic acids is 1. The molecule has 0 saturated carbocycles. The van der Waals surface area contributed by atoms with E-state index in [0.717, 1.165) is 11.1 Å². The quantitative estimate of drug-likeness (QED) is 0.418. The van der Waals surface area contributed by atoms with Crippen LogP contribution < -0.4 is 0 Å². The predicted octanol–water partition coefficient (Wildman–Crippen LogP) is 4.58. The van der Waals surface area contributed by atoms with E-state index in [-0.39, 0.29) is 17.1 Å². The maximum absolute atomic E-state index is 10.6. The molecule has 0 radical (unpaired) electrons. The molecule has 0 spiro atoms. The van der Waals surface area contributed by atoms with Gasteiger partial charge in [-0.25, -0.2) is 4.79 Å². The Morgan fingerprint density at radius 3 is 1.50 bits per heavy atom. The Balaban J connectivity index is 0.000000368. The second-order valence-corrected chi connectivity index (χ2v) is 5.12. The van der Waals surface area contributed by atoms with Gasteiger partial charge in [0.1, 0.15) is 11.5 Å². The number of carboxylic acids is 1. The number of carboxylic acid groups (broad SMARTS) is 1. The van der Waals surface area contributed by atoms with Crippen molar-refractivity contribution in [2.75, 3.05) is 0 Å². The molecule has 0 unspecified atom stereocenters. The number of phenols is 2. The number of aryl methyl sites for hydroxylation is 1. The molecule has 3 N–H and O–H groups in total. The Bertz CT molecular complexity index is 737. The molecule has 138 valence electrons. The summed E-state index contributed by atoms with van der Waals surface area (Å²) in [7, 11) is 0. The minimum Gasteiger partial charge on any atom is -0.508 e.